The van der Waals surface area contributed by atoms with Crippen LogP contribution in [0.25, 0.3) is 0 Å². The van der Waals surface area contributed by atoms with E-state index < -0.39 is 6.09 Å². The van der Waals surface area contributed by atoms with Crippen molar-refractivity contribution in [1.82, 2.24) is 9.80 Å². The molecule has 2 aliphatic rings. The lowest BCUT2D eigenvalue weighted by molar-refractivity contribution is -0.127. The maximum atomic E-state index is 13.0. The summed E-state index contributed by atoms with van der Waals surface area (Å²) in [6.07, 6.45) is 0.399. The molecule has 3 rings (SSSR count). The summed E-state index contributed by atoms with van der Waals surface area (Å²) in [7, 11) is 4.45. The van der Waals surface area contributed by atoms with Gasteiger partial charge in [-0.25, -0.2) is 9.69 Å². The van der Waals surface area contributed by atoms with E-state index in [-0.39, 0.29) is 24.5 Å². The molecule has 146 valence electrons. The van der Waals surface area contributed by atoms with Crippen LogP contribution in [0.4, 0.5) is 4.79 Å². The topological polar surface area (TPSA) is 94.6 Å². The van der Waals surface area contributed by atoms with E-state index in [4.69, 9.17) is 18.9 Å². The molecule has 2 heterocycles. The van der Waals surface area contributed by atoms with Gasteiger partial charge in [0.1, 0.15) is 0 Å². The molecule has 1 aromatic carbocycles. The van der Waals surface area contributed by atoms with Crippen LogP contribution in [0, 0.1) is 0 Å². The van der Waals surface area contributed by atoms with E-state index >= 15 is 0 Å². The van der Waals surface area contributed by atoms with Crippen molar-refractivity contribution < 1.29 is 33.3 Å². The Balaban J connectivity index is 1.74. The third-order valence-corrected chi connectivity index (χ3v) is 4.84. The quantitative estimate of drug-likeness (QED) is 0.762. The summed E-state index contributed by atoms with van der Waals surface area (Å²) in [4.78, 5) is 39.3. The summed E-state index contributed by atoms with van der Waals surface area (Å²) in [5.41, 5.74) is 0.366. The van der Waals surface area contributed by atoms with E-state index in [0.717, 1.165) is 0 Å². The third-order valence-electron chi connectivity index (χ3n) is 4.84. The van der Waals surface area contributed by atoms with E-state index in [1.54, 1.807) is 17.0 Å². The molecule has 2 saturated heterocycles. The molecule has 1 aromatic rings. The van der Waals surface area contributed by atoms with Gasteiger partial charge in [-0.2, -0.15) is 0 Å². The number of hydrogen-bond acceptors (Lipinski definition) is 7. The van der Waals surface area contributed by atoms with Gasteiger partial charge < -0.3 is 23.8 Å². The highest BCUT2D eigenvalue weighted by Crippen LogP contribution is 2.40. The third kappa shape index (κ3) is 3.36. The van der Waals surface area contributed by atoms with Crippen LogP contribution in [-0.4, -0.2) is 74.8 Å². The summed E-state index contributed by atoms with van der Waals surface area (Å²) in [5, 5.41) is 0. The van der Waals surface area contributed by atoms with Crippen molar-refractivity contribution in [2.75, 3.05) is 41.0 Å². The second-order valence-electron chi connectivity index (χ2n) is 6.22. The smallest absolute Gasteiger partial charge is 0.417 e. The molecule has 0 spiro atoms. The van der Waals surface area contributed by atoms with Crippen LogP contribution >= 0.6 is 0 Å². The number of piperidine rings is 1. The summed E-state index contributed by atoms with van der Waals surface area (Å²) in [6.45, 7) is 0.622. The van der Waals surface area contributed by atoms with E-state index in [2.05, 4.69) is 0 Å². The first-order chi connectivity index (χ1) is 13.0. The monoisotopic (exact) mass is 378 g/mol. The molecule has 9 nitrogen and oxygen atoms in total. The Bertz CT molecular complexity index is 740. The highest BCUT2D eigenvalue weighted by Gasteiger charge is 2.39. The molecular weight excluding hydrogens is 356 g/mol. The van der Waals surface area contributed by atoms with Gasteiger partial charge in [0, 0.05) is 19.1 Å². The predicted octanol–water partition coefficient (Wildman–Crippen LogP) is 1.30. The molecule has 0 unspecified atom stereocenters. The maximum absolute atomic E-state index is 13.0. The normalized spacial score (nSPS) is 17.7. The van der Waals surface area contributed by atoms with Crippen molar-refractivity contribution in [2.24, 2.45) is 0 Å². The van der Waals surface area contributed by atoms with Gasteiger partial charge in [-0.1, -0.05) is 0 Å². The van der Waals surface area contributed by atoms with Gasteiger partial charge in [0.15, 0.2) is 18.1 Å². The molecule has 2 fully saturated rings. The zero-order valence-corrected chi connectivity index (χ0v) is 15.5. The Hall–Kier alpha value is -2.97. The van der Waals surface area contributed by atoms with Gasteiger partial charge in [0.2, 0.25) is 5.75 Å². The fourth-order valence-corrected chi connectivity index (χ4v) is 3.48. The number of carbonyl (C=O) groups excluding carboxylic acids is 3. The number of benzene rings is 1. The number of cyclic esters (lactones) is 1. The van der Waals surface area contributed by atoms with Crippen molar-refractivity contribution in [3.05, 3.63) is 17.7 Å². The molecular formula is C18H22N2O7. The van der Waals surface area contributed by atoms with E-state index in [9.17, 15) is 14.4 Å². The fourth-order valence-electron chi connectivity index (χ4n) is 3.48. The minimum absolute atomic E-state index is 0.207. The summed E-state index contributed by atoms with van der Waals surface area (Å²) < 4.78 is 20.7. The highest BCUT2D eigenvalue weighted by atomic mass is 16.6. The molecule has 0 atom stereocenters. The minimum atomic E-state index is -0.605. The Kier molecular flexibility index (Phi) is 5.38. The lowest BCUT2D eigenvalue weighted by atomic mass is 10.0. The lowest BCUT2D eigenvalue weighted by Gasteiger charge is -2.35. The van der Waals surface area contributed by atoms with Crippen molar-refractivity contribution in [3.63, 3.8) is 0 Å². The summed E-state index contributed by atoms with van der Waals surface area (Å²) in [5.74, 6) is 0.594. The van der Waals surface area contributed by atoms with Gasteiger partial charge in [-0.15, -0.1) is 0 Å². The first kappa shape index (κ1) is 18.8. The number of hydrogen-bond donors (Lipinski definition) is 0. The second kappa shape index (κ2) is 7.73. The Morgan fingerprint density at radius 3 is 2.22 bits per heavy atom. The number of rotatable bonds is 5. The molecule has 27 heavy (non-hydrogen) atoms. The van der Waals surface area contributed by atoms with Crippen molar-refractivity contribution >= 4 is 17.9 Å². The molecule has 0 N–H and O–H groups in total. The summed E-state index contributed by atoms with van der Waals surface area (Å²) >= 11 is 0. The number of ether oxygens (including phenoxy) is 4. The first-order valence-electron chi connectivity index (χ1n) is 8.58. The zero-order valence-electron chi connectivity index (χ0n) is 15.5. The van der Waals surface area contributed by atoms with Gasteiger partial charge in [0.05, 0.1) is 26.9 Å². The van der Waals surface area contributed by atoms with Crippen LogP contribution in [-0.2, 0) is 9.53 Å². The van der Waals surface area contributed by atoms with Crippen molar-refractivity contribution in [2.45, 2.75) is 18.9 Å². The molecule has 0 aromatic heterocycles. The molecule has 0 bridgehead atoms. The second-order valence-corrected chi connectivity index (χ2v) is 6.22. The lowest BCUT2D eigenvalue weighted by Crippen LogP contribution is -2.48. The van der Waals surface area contributed by atoms with Gasteiger partial charge in [0.25, 0.3) is 11.8 Å². The van der Waals surface area contributed by atoms with Gasteiger partial charge in [-0.05, 0) is 25.0 Å². The largest absolute Gasteiger partial charge is 0.493 e. The van der Waals surface area contributed by atoms with Crippen LogP contribution in [0.2, 0.25) is 0 Å². The number of nitrogens with zero attached hydrogens (tertiary/aromatic N) is 2. The van der Waals surface area contributed by atoms with Crippen LogP contribution in [0.15, 0.2) is 12.1 Å². The SMILES string of the molecule is COc1ccc(C(=O)N2CCC(N3C(=O)COC3=O)CC2)c(OC)c1OC. The number of carbonyl (C=O) groups is 3. The minimum Gasteiger partial charge on any atom is -0.493 e. The Morgan fingerprint density at radius 1 is 1.04 bits per heavy atom. The molecule has 0 aliphatic carbocycles. The molecule has 0 saturated carbocycles. The molecule has 9 heteroatoms. The Labute approximate surface area is 156 Å². The standard InChI is InChI=1S/C18H22N2O7/c1-24-13-5-4-12(15(25-2)16(13)26-3)17(22)19-8-6-11(7-9-19)20-14(21)10-27-18(20)23/h4-5,11H,6-10H2,1-3H3. The Morgan fingerprint density at radius 2 is 1.70 bits per heavy atom. The number of methoxy groups -OCH3 is 3. The van der Waals surface area contributed by atoms with Gasteiger partial charge in [-0.3, -0.25) is 9.59 Å². The molecule has 0 radical (unpaired) electrons. The van der Waals surface area contributed by atoms with E-state index in [0.29, 0.717) is 48.7 Å². The average molecular weight is 378 g/mol. The average Bonchev–Trinajstić information content (AvgIpc) is 3.04. The van der Waals surface area contributed by atoms with Crippen LogP contribution in [0.3, 0.4) is 0 Å². The highest BCUT2D eigenvalue weighted by molar-refractivity contribution is 5.99. The van der Waals surface area contributed by atoms with Crippen molar-refractivity contribution in [1.29, 1.82) is 0 Å². The first-order valence-corrected chi connectivity index (χ1v) is 8.58. The van der Waals surface area contributed by atoms with Crippen LogP contribution in [0.1, 0.15) is 23.2 Å². The number of likely N-dealkylation sites (tertiary alicyclic amines) is 1. The molecule has 2 aliphatic heterocycles. The van der Waals surface area contributed by atoms with Crippen molar-refractivity contribution in [3.8, 4) is 17.2 Å². The summed E-state index contributed by atoms with van der Waals surface area (Å²) in [6, 6.07) is 3.04. The molecule has 3 amide bonds. The van der Waals surface area contributed by atoms with E-state index in [1.165, 1.54) is 26.2 Å². The maximum Gasteiger partial charge on any atom is 0.417 e. The predicted molar refractivity (Wildman–Crippen MR) is 93.2 cm³/mol. The zero-order chi connectivity index (χ0) is 19.6. The van der Waals surface area contributed by atoms with Crippen LogP contribution in [0.5, 0.6) is 17.2 Å². The van der Waals surface area contributed by atoms with E-state index in [1.807, 2.05) is 0 Å². The number of imide groups is 1. The fraction of sp³-hybridized carbons (Fsp3) is 0.500. The number of amides is 3. The van der Waals surface area contributed by atoms with Crippen LogP contribution < -0.4 is 14.2 Å². The van der Waals surface area contributed by atoms with Gasteiger partial charge >= 0.3 is 6.09 Å².